The Balaban J connectivity index is 1.47. The number of alkyl halides is 1. The Hall–Kier alpha value is -3.17. The molecule has 1 unspecified atom stereocenters. The highest BCUT2D eigenvalue weighted by Crippen LogP contribution is 2.43. The number of thioether (sulfide) groups is 1. The van der Waals surface area contributed by atoms with Crippen molar-refractivity contribution in [1.29, 1.82) is 0 Å². The molecule has 4 aromatic rings. The fraction of sp³-hybridized carbons (Fsp3) is 0.379. The van der Waals surface area contributed by atoms with E-state index in [0.717, 1.165) is 32.8 Å². The van der Waals surface area contributed by atoms with Crippen molar-refractivity contribution >= 4 is 11.8 Å². The molecule has 1 N–H and O–H groups in total. The van der Waals surface area contributed by atoms with Gasteiger partial charge in [-0.05, 0) is 76.9 Å². The zero-order chi connectivity index (χ0) is 26.3. The van der Waals surface area contributed by atoms with Gasteiger partial charge >= 0.3 is 0 Å². The Morgan fingerprint density at radius 1 is 1.11 bits per heavy atom. The minimum atomic E-state index is -1.21. The number of nitrogens with zero attached hydrogens (tertiary/aromatic N) is 4. The first-order valence-electron chi connectivity index (χ1n) is 13.1. The number of tetrazole rings is 1. The molecule has 1 atom stereocenters. The van der Waals surface area contributed by atoms with Gasteiger partial charge in [0.05, 0.1) is 6.61 Å². The number of hydrogen-bond acceptors (Lipinski definition) is 6. The number of hydrogen-bond donors (Lipinski definition) is 1. The Labute approximate surface area is 225 Å². The van der Waals surface area contributed by atoms with Crippen LogP contribution in [0.5, 0.6) is 0 Å². The third kappa shape index (κ3) is 6.10. The average Bonchev–Trinajstić information content (AvgIpc) is 3.43. The van der Waals surface area contributed by atoms with Crippen LogP contribution in [0.15, 0.2) is 59.8 Å². The number of halogens is 2. The van der Waals surface area contributed by atoms with Crippen LogP contribution in [0.2, 0.25) is 0 Å². The summed E-state index contributed by atoms with van der Waals surface area (Å²) in [7, 11) is 0. The van der Waals surface area contributed by atoms with Gasteiger partial charge in [-0.25, -0.2) is 18.9 Å². The fourth-order valence-electron chi connectivity index (χ4n) is 4.82. The van der Waals surface area contributed by atoms with E-state index in [2.05, 4.69) is 32.5 Å². The highest BCUT2D eigenvalue weighted by molar-refractivity contribution is 8.00. The third-order valence-electron chi connectivity index (χ3n) is 6.94. The average molecular weight is 536 g/mol. The maximum Gasteiger partial charge on any atom is 0.174 e. The molecule has 5 rings (SSSR count). The number of aromatic nitrogens is 5. The number of rotatable bonds is 12. The van der Waals surface area contributed by atoms with Crippen LogP contribution in [0.3, 0.4) is 0 Å². The van der Waals surface area contributed by atoms with Crippen LogP contribution >= 0.6 is 11.8 Å². The summed E-state index contributed by atoms with van der Waals surface area (Å²) < 4.78 is 36.4. The smallest absolute Gasteiger partial charge is 0.174 e. The number of H-pyrrole nitrogens is 1. The van der Waals surface area contributed by atoms with Gasteiger partial charge in [-0.2, -0.15) is 0 Å². The van der Waals surface area contributed by atoms with E-state index in [4.69, 9.17) is 4.74 Å². The Kier molecular flexibility index (Phi) is 8.75. The molecule has 1 saturated carbocycles. The van der Waals surface area contributed by atoms with Crippen molar-refractivity contribution in [2.45, 2.75) is 68.5 Å². The molecule has 2 aromatic carbocycles. The molecule has 1 aliphatic rings. The van der Waals surface area contributed by atoms with Crippen molar-refractivity contribution in [3.05, 3.63) is 77.5 Å². The monoisotopic (exact) mass is 535 g/mol. The lowest BCUT2D eigenvalue weighted by Crippen LogP contribution is -2.14. The Morgan fingerprint density at radius 3 is 2.66 bits per heavy atom. The number of benzene rings is 2. The second-order valence-corrected chi connectivity index (χ2v) is 10.8. The first-order valence-corrected chi connectivity index (χ1v) is 14.0. The minimum Gasteiger partial charge on any atom is -0.370 e. The van der Waals surface area contributed by atoms with Crippen LogP contribution in [0.25, 0.3) is 22.3 Å². The van der Waals surface area contributed by atoms with Crippen LogP contribution in [0, 0.1) is 5.82 Å². The van der Waals surface area contributed by atoms with Crippen molar-refractivity contribution in [3.8, 4) is 22.3 Å². The quantitative estimate of drug-likeness (QED) is 0.216. The molecule has 0 radical (unpaired) electrons. The second kappa shape index (κ2) is 12.6. The van der Waals surface area contributed by atoms with E-state index in [1.165, 1.54) is 19.3 Å². The van der Waals surface area contributed by atoms with Gasteiger partial charge in [0.25, 0.3) is 0 Å². The number of aromatic amines is 1. The SMILES string of the molecule is CCc1c(-c2cccnc2SC2CCC2)cc(F)c(-c2ccccc2)c1CCC(F)COCc1nnn[nH]1. The van der Waals surface area contributed by atoms with Crippen molar-refractivity contribution in [2.24, 2.45) is 0 Å². The number of pyridine rings is 1. The summed E-state index contributed by atoms with van der Waals surface area (Å²) in [6.45, 7) is 2.09. The first kappa shape index (κ1) is 26.4. The van der Waals surface area contributed by atoms with Crippen LogP contribution in [0.1, 0.15) is 49.6 Å². The van der Waals surface area contributed by atoms with Gasteiger partial charge in [0.15, 0.2) is 5.82 Å². The van der Waals surface area contributed by atoms with Crippen molar-refractivity contribution < 1.29 is 13.5 Å². The van der Waals surface area contributed by atoms with Crippen LogP contribution < -0.4 is 0 Å². The molecular weight excluding hydrogens is 504 g/mol. The van der Waals surface area contributed by atoms with E-state index in [1.807, 2.05) is 42.5 Å². The van der Waals surface area contributed by atoms with E-state index < -0.39 is 6.17 Å². The van der Waals surface area contributed by atoms with Crippen LogP contribution in [0.4, 0.5) is 8.78 Å². The molecule has 198 valence electrons. The number of nitrogens with one attached hydrogen (secondary N) is 1. The molecule has 0 saturated heterocycles. The summed E-state index contributed by atoms with van der Waals surface area (Å²) in [4.78, 5) is 4.67. The predicted octanol–water partition coefficient (Wildman–Crippen LogP) is 6.76. The van der Waals surface area contributed by atoms with Gasteiger partial charge in [0.1, 0.15) is 23.6 Å². The Bertz CT molecular complexity index is 1330. The lowest BCUT2D eigenvalue weighted by Gasteiger charge is -2.26. The third-order valence-corrected chi connectivity index (χ3v) is 8.30. The molecule has 38 heavy (non-hydrogen) atoms. The normalized spacial score (nSPS) is 14.4. The van der Waals surface area contributed by atoms with E-state index in [-0.39, 0.29) is 25.5 Å². The zero-order valence-electron chi connectivity index (χ0n) is 21.4. The van der Waals surface area contributed by atoms with Gasteiger partial charge in [-0.1, -0.05) is 49.7 Å². The molecule has 0 bridgehead atoms. The summed E-state index contributed by atoms with van der Waals surface area (Å²) in [6.07, 6.45) is 5.48. The molecule has 1 fully saturated rings. The predicted molar refractivity (Wildman–Crippen MR) is 145 cm³/mol. The Morgan fingerprint density at radius 2 is 1.95 bits per heavy atom. The molecule has 2 heterocycles. The van der Waals surface area contributed by atoms with E-state index in [9.17, 15) is 4.39 Å². The van der Waals surface area contributed by atoms with E-state index >= 15 is 4.39 Å². The number of ether oxygens (including phenoxy) is 1. The lowest BCUT2D eigenvalue weighted by molar-refractivity contribution is 0.0630. The summed E-state index contributed by atoms with van der Waals surface area (Å²) >= 11 is 1.78. The molecule has 0 aliphatic heterocycles. The summed E-state index contributed by atoms with van der Waals surface area (Å²) in [6, 6.07) is 15.1. The molecule has 6 nitrogen and oxygen atoms in total. The molecule has 9 heteroatoms. The van der Waals surface area contributed by atoms with Gasteiger partial charge in [0.2, 0.25) is 0 Å². The molecular formula is C29H31F2N5OS. The molecule has 0 amide bonds. The summed E-state index contributed by atoms with van der Waals surface area (Å²) in [5.41, 5.74) is 5.01. The van der Waals surface area contributed by atoms with Crippen molar-refractivity contribution in [2.75, 3.05) is 6.61 Å². The van der Waals surface area contributed by atoms with Gasteiger partial charge in [-0.3, -0.25) is 0 Å². The van der Waals surface area contributed by atoms with Crippen LogP contribution in [-0.4, -0.2) is 43.6 Å². The highest BCUT2D eigenvalue weighted by atomic mass is 32.2. The lowest BCUT2D eigenvalue weighted by atomic mass is 9.85. The topological polar surface area (TPSA) is 76.6 Å². The summed E-state index contributed by atoms with van der Waals surface area (Å²) in [5.74, 6) is 0.143. The van der Waals surface area contributed by atoms with Gasteiger partial charge < -0.3 is 4.74 Å². The fourth-order valence-corrected chi connectivity index (χ4v) is 6.14. The van der Waals surface area contributed by atoms with Crippen molar-refractivity contribution in [3.63, 3.8) is 0 Å². The van der Waals surface area contributed by atoms with Crippen LogP contribution in [-0.2, 0) is 24.2 Å². The second-order valence-electron chi connectivity index (χ2n) is 9.48. The standard InChI is InChI=1S/C29H31F2N5OS/c1-2-22-23(14-13-20(30)17-37-18-27-33-35-36-34-27)28(19-8-4-3-5-9-19)26(31)16-25(22)24-12-7-15-32-29(24)38-21-10-6-11-21/h3-5,7-9,12,15-16,20-21H,2,6,10-11,13-14,17-18H2,1H3,(H,33,34,35,36). The van der Waals surface area contributed by atoms with E-state index in [1.54, 1.807) is 24.0 Å². The maximum atomic E-state index is 16.0. The maximum absolute atomic E-state index is 16.0. The molecule has 2 aromatic heterocycles. The highest BCUT2D eigenvalue weighted by Gasteiger charge is 2.25. The van der Waals surface area contributed by atoms with Gasteiger partial charge in [0, 0.05) is 22.6 Å². The zero-order valence-corrected chi connectivity index (χ0v) is 22.2. The molecule has 1 aliphatic carbocycles. The molecule has 0 spiro atoms. The van der Waals surface area contributed by atoms with Gasteiger partial charge in [-0.15, -0.1) is 16.9 Å². The first-order chi connectivity index (χ1) is 18.6. The summed E-state index contributed by atoms with van der Waals surface area (Å²) in [5, 5.41) is 14.8. The van der Waals surface area contributed by atoms with Crippen molar-refractivity contribution in [1.82, 2.24) is 25.6 Å². The minimum absolute atomic E-state index is 0.0875. The van der Waals surface area contributed by atoms with E-state index in [0.29, 0.717) is 29.5 Å². The largest absolute Gasteiger partial charge is 0.370 e.